The van der Waals surface area contributed by atoms with Crippen molar-refractivity contribution in [1.29, 1.82) is 0 Å². The molecule has 7 nitrogen and oxygen atoms in total. The van der Waals surface area contributed by atoms with Crippen molar-refractivity contribution in [1.82, 2.24) is 10.7 Å². The van der Waals surface area contributed by atoms with Gasteiger partial charge in [0.2, 0.25) is 0 Å². The minimum Gasteiger partial charge on any atom is -0.469 e. The van der Waals surface area contributed by atoms with Crippen LogP contribution in [0, 0.1) is 13.8 Å². The minimum absolute atomic E-state index is 0.212. The molecule has 0 fully saturated rings. The standard InChI is InChI=1S/C19H23N3O4/c1-4-9-20-19(24)17-11(2)16-14(6-5-7-15(16)26-17)21-22-18(23)13-8-10-25-12(13)3/h8,10H,4-7,9H2,1-3H3,(H,20,24)(H,22,23)/b21-14+. The summed E-state index contributed by atoms with van der Waals surface area (Å²) < 4.78 is 10.9. The third kappa shape index (κ3) is 3.42. The third-order valence-electron chi connectivity index (χ3n) is 4.46. The molecule has 2 aromatic rings. The number of rotatable bonds is 5. The summed E-state index contributed by atoms with van der Waals surface area (Å²) in [6.45, 7) is 6.18. The summed E-state index contributed by atoms with van der Waals surface area (Å²) in [5.41, 5.74) is 5.37. The lowest BCUT2D eigenvalue weighted by Gasteiger charge is -2.13. The quantitative estimate of drug-likeness (QED) is 0.804. The van der Waals surface area contributed by atoms with Crippen LogP contribution in [-0.4, -0.2) is 24.1 Å². The predicted molar refractivity (Wildman–Crippen MR) is 96.5 cm³/mol. The van der Waals surface area contributed by atoms with E-state index >= 15 is 0 Å². The lowest BCUT2D eigenvalue weighted by atomic mass is 9.93. The van der Waals surface area contributed by atoms with Crippen LogP contribution in [0.15, 0.2) is 26.3 Å². The summed E-state index contributed by atoms with van der Waals surface area (Å²) in [6, 6.07) is 1.61. The first kappa shape index (κ1) is 18.0. The molecule has 2 aromatic heterocycles. The monoisotopic (exact) mass is 357 g/mol. The summed E-state index contributed by atoms with van der Waals surface area (Å²) >= 11 is 0. The van der Waals surface area contributed by atoms with Crippen molar-refractivity contribution in [2.75, 3.05) is 6.54 Å². The van der Waals surface area contributed by atoms with Gasteiger partial charge in [-0.05, 0) is 39.2 Å². The number of carbonyl (C=O) groups is 2. The van der Waals surface area contributed by atoms with Crippen molar-refractivity contribution < 1.29 is 18.4 Å². The fourth-order valence-electron chi connectivity index (χ4n) is 3.11. The number of nitrogens with zero attached hydrogens (tertiary/aromatic N) is 1. The highest BCUT2D eigenvalue weighted by Gasteiger charge is 2.28. The second-order valence-corrected chi connectivity index (χ2v) is 6.35. The molecule has 0 aromatic carbocycles. The number of hydrogen-bond acceptors (Lipinski definition) is 5. The molecule has 1 aliphatic carbocycles. The third-order valence-corrected chi connectivity index (χ3v) is 4.46. The molecule has 0 atom stereocenters. The maximum Gasteiger partial charge on any atom is 0.287 e. The number of furan rings is 2. The van der Waals surface area contributed by atoms with Gasteiger partial charge < -0.3 is 14.2 Å². The molecule has 3 rings (SSSR count). The number of carbonyl (C=O) groups excluding carboxylic acids is 2. The van der Waals surface area contributed by atoms with Crippen molar-refractivity contribution in [3.63, 3.8) is 0 Å². The molecule has 2 N–H and O–H groups in total. The van der Waals surface area contributed by atoms with Crippen LogP contribution in [0.2, 0.25) is 0 Å². The van der Waals surface area contributed by atoms with E-state index in [1.54, 1.807) is 13.0 Å². The van der Waals surface area contributed by atoms with E-state index in [2.05, 4.69) is 15.8 Å². The van der Waals surface area contributed by atoms with Gasteiger partial charge in [0.1, 0.15) is 11.5 Å². The van der Waals surface area contributed by atoms with E-state index in [4.69, 9.17) is 8.83 Å². The second kappa shape index (κ2) is 7.59. The Hall–Kier alpha value is -2.83. The van der Waals surface area contributed by atoms with Gasteiger partial charge in [-0.1, -0.05) is 6.92 Å². The first-order chi connectivity index (χ1) is 12.5. The van der Waals surface area contributed by atoms with Crippen LogP contribution in [0.5, 0.6) is 0 Å². The first-order valence-corrected chi connectivity index (χ1v) is 8.84. The molecule has 0 aliphatic heterocycles. The average Bonchev–Trinajstić information content (AvgIpc) is 3.21. The number of amides is 2. The number of fused-ring (bicyclic) bond motifs is 1. The average molecular weight is 357 g/mol. The molecule has 1 aliphatic rings. The molecule has 0 saturated heterocycles. The molecule has 0 radical (unpaired) electrons. The Labute approximate surface area is 151 Å². The zero-order valence-corrected chi connectivity index (χ0v) is 15.3. The Morgan fingerprint density at radius 3 is 2.73 bits per heavy atom. The van der Waals surface area contributed by atoms with E-state index in [0.717, 1.165) is 41.9 Å². The Balaban J connectivity index is 1.84. The van der Waals surface area contributed by atoms with Gasteiger partial charge in [-0.3, -0.25) is 9.59 Å². The van der Waals surface area contributed by atoms with E-state index in [-0.39, 0.29) is 11.8 Å². The Kier molecular flexibility index (Phi) is 5.25. The molecule has 7 heteroatoms. The Morgan fingerprint density at radius 1 is 1.23 bits per heavy atom. The lowest BCUT2D eigenvalue weighted by molar-refractivity contribution is 0.0921. The van der Waals surface area contributed by atoms with Crippen molar-refractivity contribution in [2.24, 2.45) is 5.10 Å². The highest BCUT2D eigenvalue weighted by molar-refractivity contribution is 6.07. The van der Waals surface area contributed by atoms with Crippen LogP contribution in [0.1, 0.15) is 69.7 Å². The lowest BCUT2D eigenvalue weighted by Crippen LogP contribution is -2.24. The van der Waals surface area contributed by atoms with Gasteiger partial charge in [-0.25, -0.2) is 5.43 Å². The molecule has 2 heterocycles. The van der Waals surface area contributed by atoms with Crippen molar-refractivity contribution in [3.05, 3.63) is 46.3 Å². The second-order valence-electron chi connectivity index (χ2n) is 6.35. The SMILES string of the molecule is CCCNC(=O)c1oc2c(c1C)/C(=N/NC(=O)c1ccoc1C)CCC2. The zero-order chi connectivity index (χ0) is 18.7. The van der Waals surface area contributed by atoms with Gasteiger partial charge in [0.05, 0.1) is 17.5 Å². The maximum atomic E-state index is 12.3. The maximum absolute atomic E-state index is 12.3. The van der Waals surface area contributed by atoms with E-state index in [1.807, 2.05) is 13.8 Å². The largest absolute Gasteiger partial charge is 0.469 e. The van der Waals surface area contributed by atoms with Gasteiger partial charge >= 0.3 is 0 Å². The molecular formula is C19H23N3O4. The number of hydrogen-bond donors (Lipinski definition) is 2. The number of aryl methyl sites for hydroxylation is 2. The van der Waals surface area contributed by atoms with Crippen LogP contribution in [-0.2, 0) is 6.42 Å². The van der Waals surface area contributed by atoms with Crippen molar-refractivity contribution in [2.45, 2.75) is 46.5 Å². The smallest absolute Gasteiger partial charge is 0.287 e. The van der Waals surface area contributed by atoms with Crippen LogP contribution >= 0.6 is 0 Å². The van der Waals surface area contributed by atoms with Gasteiger partial charge in [0, 0.05) is 24.1 Å². The minimum atomic E-state index is -0.321. The topological polar surface area (TPSA) is 96.8 Å². The van der Waals surface area contributed by atoms with E-state index < -0.39 is 0 Å². The molecule has 0 saturated carbocycles. The Morgan fingerprint density at radius 2 is 2.04 bits per heavy atom. The summed E-state index contributed by atoms with van der Waals surface area (Å²) in [4.78, 5) is 24.5. The summed E-state index contributed by atoms with van der Waals surface area (Å²) in [5.74, 6) is 1.09. The van der Waals surface area contributed by atoms with Crippen LogP contribution in [0.4, 0.5) is 0 Å². The highest BCUT2D eigenvalue weighted by Crippen LogP contribution is 2.29. The Bertz CT molecular complexity index is 860. The van der Waals surface area contributed by atoms with Crippen molar-refractivity contribution >= 4 is 17.5 Å². The molecule has 138 valence electrons. The van der Waals surface area contributed by atoms with Gasteiger partial charge in [0.25, 0.3) is 11.8 Å². The van der Waals surface area contributed by atoms with Crippen LogP contribution in [0.25, 0.3) is 0 Å². The molecule has 0 spiro atoms. The van der Waals surface area contributed by atoms with Crippen LogP contribution in [0.3, 0.4) is 0 Å². The molecule has 2 amide bonds. The fourth-order valence-corrected chi connectivity index (χ4v) is 3.11. The van der Waals surface area contributed by atoms with Gasteiger partial charge in [-0.15, -0.1) is 0 Å². The highest BCUT2D eigenvalue weighted by atomic mass is 16.4. The van der Waals surface area contributed by atoms with E-state index in [0.29, 0.717) is 30.0 Å². The predicted octanol–water partition coefficient (Wildman–Crippen LogP) is 3.10. The van der Waals surface area contributed by atoms with E-state index in [9.17, 15) is 9.59 Å². The summed E-state index contributed by atoms with van der Waals surface area (Å²) in [6.07, 6.45) is 4.66. The van der Waals surface area contributed by atoms with Crippen molar-refractivity contribution in [3.8, 4) is 0 Å². The summed E-state index contributed by atoms with van der Waals surface area (Å²) in [7, 11) is 0. The molecule has 26 heavy (non-hydrogen) atoms. The van der Waals surface area contributed by atoms with E-state index in [1.165, 1.54) is 6.26 Å². The van der Waals surface area contributed by atoms with Gasteiger partial charge in [-0.2, -0.15) is 5.10 Å². The first-order valence-electron chi connectivity index (χ1n) is 8.84. The van der Waals surface area contributed by atoms with Crippen LogP contribution < -0.4 is 10.7 Å². The normalized spacial score (nSPS) is 15.0. The molecule has 0 unspecified atom stereocenters. The number of hydrazone groups is 1. The fraction of sp³-hybridized carbons (Fsp3) is 0.421. The van der Waals surface area contributed by atoms with Gasteiger partial charge in [0.15, 0.2) is 5.76 Å². The molecular weight excluding hydrogens is 334 g/mol. The number of nitrogens with one attached hydrogen (secondary N) is 2. The molecule has 0 bridgehead atoms. The zero-order valence-electron chi connectivity index (χ0n) is 15.3. The summed E-state index contributed by atoms with van der Waals surface area (Å²) in [5, 5.41) is 7.14.